The number of hydrogen-bond donors (Lipinski definition) is 0. The lowest BCUT2D eigenvalue weighted by molar-refractivity contribution is -0.141. The van der Waals surface area contributed by atoms with Crippen LogP contribution in [-0.2, 0) is 19.1 Å². The van der Waals surface area contributed by atoms with Crippen molar-refractivity contribution in [1.29, 1.82) is 0 Å². The molecule has 0 rings (SSSR count). The summed E-state index contributed by atoms with van der Waals surface area (Å²) >= 11 is 0. The first-order valence-electron chi connectivity index (χ1n) is 11.5. The normalized spacial score (nSPS) is 11.0. The van der Waals surface area contributed by atoms with Gasteiger partial charge in [-0.1, -0.05) is 84.0 Å². The summed E-state index contributed by atoms with van der Waals surface area (Å²) in [5.41, 5.74) is 0. The van der Waals surface area contributed by atoms with Gasteiger partial charge in [-0.05, 0) is 13.0 Å². The Bertz CT molecular complexity index is 354. The molecule has 166 valence electrons. The Morgan fingerprint density at radius 2 is 0.929 bits per heavy atom. The van der Waals surface area contributed by atoms with Gasteiger partial charge in [0.05, 0.1) is 27.1 Å². The average molecular weight is 400 g/mol. The van der Waals surface area contributed by atoms with E-state index in [1.165, 1.54) is 91.3 Å². The summed E-state index contributed by atoms with van der Waals surface area (Å²) in [6, 6.07) is 0. The second kappa shape index (κ2) is 20.6. The number of hydrogen-bond acceptors (Lipinski definition) is 5. The van der Waals surface area contributed by atoms with Crippen LogP contribution in [0.25, 0.3) is 0 Å². The standard InChI is InChI=1S/C23H45NO4/c1-4-5-6-7-8-9-10-11-12-13-14-15-16-19-24(20-17-22(25)27-2)21-18-23(26)28-3/h4-21H2,1-3H3. The zero-order valence-corrected chi connectivity index (χ0v) is 18.8. The Labute approximate surface area is 173 Å². The van der Waals surface area contributed by atoms with E-state index in [0.717, 1.165) is 13.0 Å². The average Bonchev–Trinajstić information content (AvgIpc) is 2.72. The Morgan fingerprint density at radius 1 is 0.571 bits per heavy atom. The van der Waals surface area contributed by atoms with Crippen molar-refractivity contribution in [3.05, 3.63) is 0 Å². The third-order valence-electron chi connectivity index (χ3n) is 5.30. The zero-order chi connectivity index (χ0) is 20.9. The van der Waals surface area contributed by atoms with Crippen LogP contribution >= 0.6 is 0 Å². The predicted octanol–water partition coefficient (Wildman–Crippen LogP) is 5.51. The second-order valence-corrected chi connectivity index (χ2v) is 7.74. The molecule has 0 aromatic heterocycles. The van der Waals surface area contributed by atoms with Crippen LogP contribution in [0.1, 0.15) is 103 Å². The number of nitrogens with zero attached hydrogens (tertiary/aromatic N) is 1. The van der Waals surface area contributed by atoms with Gasteiger partial charge in [0.1, 0.15) is 0 Å². The lowest BCUT2D eigenvalue weighted by atomic mass is 10.0. The smallest absolute Gasteiger partial charge is 0.306 e. The van der Waals surface area contributed by atoms with Gasteiger partial charge in [-0.15, -0.1) is 0 Å². The molecular weight excluding hydrogens is 354 g/mol. The van der Waals surface area contributed by atoms with Crippen LogP contribution in [-0.4, -0.2) is 50.7 Å². The van der Waals surface area contributed by atoms with Crippen LogP contribution in [0.5, 0.6) is 0 Å². The van der Waals surface area contributed by atoms with Crippen molar-refractivity contribution in [2.45, 2.75) is 103 Å². The molecule has 0 fully saturated rings. The van der Waals surface area contributed by atoms with Crippen molar-refractivity contribution in [2.24, 2.45) is 0 Å². The molecule has 0 aliphatic heterocycles. The zero-order valence-electron chi connectivity index (χ0n) is 18.8. The van der Waals surface area contributed by atoms with Gasteiger partial charge in [-0.2, -0.15) is 0 Å². The molecule has 0 aliphatic carbocycles. The minimum Gasteiger partial charge on any atom is -0.469 e. The van der Waals surface area contributed by atoms with Crippen LogP contribution in [0, 0.1) is 0 Å². The minimum atomic E-state index is -0.201. The first-order valence-corrected chi connectivity index (χ1v) is 11.5. The summed E-state index contributed by atoms with van der Waals surface area (Å²) in [7, 11) is 2.82. The summed E-state index contributed by atoms with van der Waals surface area (Å²) in [6.45, 7) is 4.47. The molecule has 0 aliphatic rings. The van der Waals surface area contributed by atoms with E-state index in [9.17, 15) is 9.59 Å². The molecule has 0 saturated carbocycles. The fraction of sp³-hybridized carbons (Fsp3) is 0.913. The second-order valence-electron chi connectivity index (χ2n) is 7.74. The molecule has 0 bridgehead atoms. The lowest BCUT2D eigenvalue weighted by Gasteiger charge is -2.21. The van der Waals surface area contributed by atoms with Crippen LogP contribution in [0.4, 0.5) is 0 Å². The third kappa shape index (κ3) is 18.3. The molecule has 0 unspecified atom stereocenters. The molecule has 0 spiro atoms. The van der Waals surface area contributed by atoms with Crippen molar-refractivity contribution in [2.75, 3.05) is 33.9 Å². The van der Waals surface area contributed by atoms with Crippen LogP contribution in [0.2, 0.25) is 0 Å². The van der Waals surface area contributed by atoms with E-state index in [1.54, 1.807) is 0 Å². The summed E-state index contributed by atoms with van der Waals surface area (Å²) in [6.07, 6.45) is 18.1. The molecule has 0 aromatic carbocycles. The van der Waals surface area contributed by atoms with Gasteiger partial charge in [-0.25, -0.2) is 0 Å². The van der Waals surface area contributed by atoms with Crippen molar-refractivity contribution >= 4 is 11.9 Å². The molecule has 0 N–H and O–H groups in total. The maximum atomic E-state index is 11.4. The number of rotatable bonds is 20. The number of ether oxygens (including phenoxy) is 2. The largest absolute Gasteiger partial charge is 0.469 e. The summed E-state index contributed by atoms with van der Waals surface area (Å²) in [4.78, 5) is 24.9. The summed E-state index contributed by atoms with van der Waals surface area (Å²) < 4.78 is 9.42. The molecule has 28 heavy (non-hydrogen) atoms. The Kier molecular flexibility index (Phi) is 19.8. The molecule has 0 heterocycles. The number of carbonyl (C=O) groups is 2. The molecule has 0 radical (unpaired) electrons. The van der Waals surface area contributed by atoms with Gasteiger partial charge >= 0.3 is 11.9 Å². The number of carbonyl (C=O) groups excluding carboxylic acids is 2. The Hall–Kier alpha value is -1.10. The van der Waals surface area contributed by atoms with Gasteiger partial charge in [0.25, 0.3) is 0 Å². The van der Waals surface area contributed by atoms with Gasteiger partial charge < -0.3 is 14.4 Å². The molecule has 0 saturated heterocycles. The topological polar surface area (TPSA) is 55.8 Å². The molecule has 5 heteroatoms. The Balaban J connectivity index is 3.65. The van der Waals surface area contributed by atoms with Gasteiger partial charge in [0.2, 0.25) is 0 Å². The Morgan fingerprint density at radius 3 is 1.29 bits per heavy atom. The van der Waals surface area contributed by atoms with Crippen molar-refractivity contribution in [1.82, 2.24) is 4.90 Å². The van der Waals surface area contributed by atoms with Crippen LogP contribution < -0.4 is 0 Å². The van der Waals surface area contributed by atoms with Gasteiger partial charge in [0.15, 0.2) is 0 Å². The summed E-state index contributed by atoms with van der Waals surface area (Å²) in [5, 5.41) is 0. The van der Waals surface area contributed by atoms with E-state index >= 15 is 0 Å². The summed E-state index contributed by atoms with van der Waals surface area (Å²) in [5.74, 6) is -0.401. The molecule has 0 aromatic rings. The van der Waals surface area contributed by atoms with E-state index < -0.39 is 0 Å². The van der Waals surface area contributed by atoms with Gasteiger partial charge in [-0.3, -0.25) is 9.59 Å². The maximum absolute atomic E-state index is 11.4. The first-order chi connectivity index (χ1) is 13.6. The highest BCUT2D eigenvalue weighted by molar-refractivity contribution is 5.70. The van der Waals surface area contributed by atoms with Crippen LogP contribution in [0.15, 0.2) is 0 Å². The minimum absolute atomic E-state index is 0.201. The highest BCUT2D eigenvalue weighted by atomic mass is 16.5. The molecule has 0 amide bonds. The van der Waals surface area contributed by atoms with E-state index in [-0.39, 0.29) is 11.9 Å². The predicted molar refractivity (Wildman–Crippen MR) is 115 cm³/mol. The third-order valence-corrected chi connectivity index (χ3v) is 5.30. The van der Waals surface area contributed by atoms with Crippen molar-refractivity contribution in [3.8, 4) is 0 Å². The van der Waals surface area contributed by atoms with E-state index in [2.05, 4.69) is 11.8 Å². The fourth-order valence-corrected chi connectivity index (χ4v) is 3.39. The van der Waals surface area contributed by atoms with Gasteiger partial charge in [0, 0.05) is 13.1 Å². The monoisotopic (exact) mass is 399 g/mol. The SMILES string of the molecule is CCCCCCCCCCCCCCCN(CCC(=O)OC)CCC(=O)OC. The quantitative estimate of drug-likeness (QED) is 0.200. The number of esters is 2. The van der Waals surface area contributed by atoms with Crippen LogP contribution in [0.3, 0.4) is 0 Å². The molecular formula is C23H45NO4. The highest BCUT2D eigenvalue weighted by Crippen LogP contribution is 2.12. The molecule has 5 nitrogen and oxygen atoms in total. The molecule has 0 atom stereocenters. The van der Waals surface area contributed by atoms with E-state index in [4.69, 9.17) is 9.47 Å². The first kappa shape index (κ1) is 26.9. The van der Waals surface area contributed by atoms with E-state index in [1.807, 2.05) is 0 Å². The van der Waals surface area contributed by atoms with Crippen molar-refractivity contribution in [3.63, 3.8) is 0 Å². The van der Waals surface area contributed by atoms with Crippen molar-refractivity contribution < 1.29 is 19.1 Å². The fourth-order valence-electron chi connectivity index (χ4n) is 3.39. The lowest BCUT2D eigenvalue weighted by Crippen LogP contribution is -2.30. The maximum Gasteiger partial charge on any atom is 0.306 e. The number of unbranched alkanes of at least 4 members (excludes halogenated alkanes) is 12. The number of methoxy groups -OCH3 is 2. The van der Waals surface area contributed by atoms with E-state index in [0.29, 0.717) is 25.9 Å². The highest BCUT2D eigenvalue weighted by Gasteiger charge is 2.11.